The van der Waals surface area contributed by atoms with E-state index in [1.807, 2.05) is 0 Å². The lowest BCUT2D eigenvalue weighted by molar-refractivity contribution is -0.987. The minimum absolute atomic E-state index is 1.00. The molecule has 0 saturated carbocycles. The molecule has 0 radical (unpaired) electrons. The van der Waals surface area contributed by atoms with E-state index in [4.69, 9.17) is 0 Å². The lowest BCUT2D eigenvalue weighted by Crippen LogP contribution is -2.53. The fourth-order valence-electron chi connectivity index (χ4n) is 1.48. The van der Waals surface area contributed by atoms with Gasteiger partial charge in [-0.25, -0.2) is 0 Å². The molecule has 2 nitrogen and oxygen atoms in total. The summed E-state index contributed by atoms with van der Waals surface area (Å²) in [4.78, 5) is 0. The number of nitrogens with zero attached hydrogens (tertiary/aromatic N) is 2. The van der Waals surface area contributed by atoms with E-state index in [1.54, 1.807) is 0 Å². The summed E-state index contributed by atoms with van der Waals surface area (Å²) >= 11 is 0. The van der Waals surface area contributed by atoms with Gasteiger partial charge in [0, 0.05) is 13.1 Å². The normalized spacial score (nSPS) is 23.1. The largest absolute Gasteiger partial charge is 0.251 e. The Morgan fingerprint density at radius 2 is 1.40 bits per heavy atom. The highest BCUT2D eigenvalue weighted by Gasteiger charge is 2.21. The summed E-state index contributed by atoms with van der Waals surface area (Å²) in [5, 5.41) is 2.52. The second kappa shape index (κ2) is 2.89. The summed E-state index contributed by atoms with van der Waals surface area (Å²) < 4.78 is 1.00. The van der Waals surface area contributed by atoms with Crippen molar-refractivity contribution in [2.45, 2.75) is 19.3 Å². The molecule has 1 aliphatic rings. The van der Waals surface area contributed by atoms with E-state index >= 15 is 0 Å². The topological polar surface area (TPSA) is 3.24 Å². The van der Waals surface area contributed by atoms with Gasteiger partial charge in [0.15, 0.2) is 0 Å². The predicted molar refractivity (Wildman–Crippen MR) is 43.5 cm³/mol. The van der Waals surface area contributed by atoms with E-state index in [0.717, 1.165) is 4.59 Å². The van der Waals surface area contributed by atoms with Crippen molar-refractivity contribution in [2.24, 2.45) is 0 Å². The van der Waals surface area contributed by atoms with Gasteiger partial charge in [-0.2, -0.15) is 5.01 Å². The van der Waals surface area contributed by atoms with E-state index in [-0.39, 0.29) is 0 Å². The molecule has 1 rings (SSSR count). The van der Waals surface area contributed by atoms with Gasteiger partial charge in [0.1, 0.15) is 0 Å². The first-order valence-corrected chi connectivity index (χ1v) is 4.17. The third kappa shape index (κ3) is 1.96. The molecule has 2 heteroatoms. The molecule has 1 saturated heterocycles. The Bertz CT molecular complexity index is 98.3. The zero-order chi connectivity index (χ0) is 7.61. The average Bonchev–Trinajstić information content (AvgIpc) is 1.88. The van der Waals surface area contributed by atoms with Crippen molar-refractivity contribution in [3.05, 3.63) is 0 Å². The molecule has 0 atom stereocenters. The van der Waals surface area contributed by atoms with E-state index in [0.29, 0.717) is 0 Å². The molecule has 0 amide bonds. The van der Waals surface area contributed by atoms with Crippen molar-refractivity contribution in [1.29, 1.82) is 0 Å². The Kier molecular flexibility index (Phi) is 2.32. The second-order valence-corrected chi connectivity index (χ2v) is 3.96. The van der Waals surface area contributed by atoms with Crippen molar-refractivity contribution in [3.8, 4) is 0 Å². The monoisotopic (exact) mass is 143 g/mol. The van der Waals surface area contributed by atoms with Gasteiger partial charge in [-0.15, -0.1) is 0 Å². The molecular weight excluding hydrogens is 124 g/mol. The molecule has 10 heavy (non-hydrogen) atoms. The molecular formula is C8H19N2+. The standard InChI is InChI=1S/C8H19N2/c1-10(2,3)9-7-5-4-6-8-9/h4-8H2,1-3H3/q+1. The van der Waals surface area contributed by atoms with E-state index < -0.39 is 0 Å². The van der Waals surface area contributed by atoms with Crippen LogP contribution in [0.1, 0.15) is 19.3 Å². The first-order valence-electron chi connectivity index (χ1n) is 4.17. The molecule has 0 unspecified atom stereocenters. The first kappa shape index (κ1) is 8.02. The van der Waals surface area contributed by atoms with Gasteiger partial charge in [0.2, 0.25) is 0 Å². The van der Waals surface area contributed by atoms with E-state index in [2.05, 4.69) is 26.2 Å². The zero-order valence-corrected chi connectivity index (χ0v) is 7.43. The molecule has 0 bridgehead atoms. The Hall–Kier alpha value is -0.0800. The van der Waals surface area contributed by atoms with Crippen LogP contribution in [0.5, 0.6) is 0 Å². The van der Waals surface area contributed by atoms with Crippen LogP contribution in [0.2, 0.25) is 0 Å². The van der Waals surface area contributed by atoms with Gasteiger partial charge < -0.3 is 0 Å². The summed E-state index contributed by atoms with van der Waals surface area (Å²) in [5.41, 5.74) is 0. The molecule has 0 aromatic rings. The lowest BCUT2D eigenvalue weighted by Gasteiger charge is -2.38. The van der Waals surface area contributed by atoms with Gasteiger partial charge >= 0.3 is 0 Å². The lowest BCUT2D eigenvalue weighted by atomic mass is 10.2. The van der Waals surface area contributed by atoms with Crippen molar-refractivity contribution in [2.75, 3.05) is 34.2 Å². The van der Waals surface area contributed by atoms with Gasteiger partial charge in [-0.1, -0.05) is 6.42 Å². The molecule has 0 aromatic heterocycles. The van der Waals surface area contributed by atoms with Crippen LogP contribution in [0.25, 0.3) is 0 Å². The Morgan fingerprint density at radius 3 is 1.70 bits per heavy atom. The molecule has 0 aliphatic carbocycles. The second-order valence-electron chi connectivity index (χ2n) is 3.96. The fourth-order valence-corrected chi connectivity index (χ4v) is 1.48. The zero-order valence-electron chi connectivity index (χ0n) is 7.43. The van der Waals surface area contributed by atoms with Gasteiger partial charge in [0.05, 0.1) is 21.1 Å². The van der Waals surface area contributed by atoms with Crippen LogP contribution in [-0.2, 0) is 0 Å². The highest BCUT2D eigenvalue weighted by molar-refractivity contribution is 4.55. The summed E-state index contributed by atoms with van der Waals surface area (Å²) in [5.74, 6) is 0. The number of rotatable bonds is 1. The minimum atomic E-state index is 1.00. The van der Waals surface area contributed by atoms with Crippen LogP contribution in [0.3, 0.4) is 0 Å². The highest BCUT2D eigenvalue weighted by Crippen LogP contribution is 2.12. The Balaban J connectivity index is 2.39. The van der Waals surface area contributed by atoms with Gasteiger partial charge in [-0.05, 0) is 12.8 Å². The van der Waals surface area contributed by atoms with Crippen molar-refractivity contribution < 1.29 is 4.59 Å². The van der Waals surface area contributed by atoms with Crippen molar-refractivity contribution in [1.82, 2.24) is 5.01 Å². The summed E-state index contributed by atoms with van der Waals surface area (Å²) in [7, 11) is 6.72. The maximum Gasteiger partial charge on any atom is 0.0855 e. The molecule has 1 aliphatic heterocycles. The van der Waals surface area contributed by atoms with Crippen LogP contribution < -0.4 is 0 Å². The van der Waals surface area contributed by atoms with Crippen LogP contribution in [0.15, 0.2) is 0 Å². The minimum Gasteiger partial charge on any atom is -0.251 e. The molecule has 60 valence electrons. The van der Waals surface area contributed by atoms with E-state index in [9.17, 15) is 0 Å². The van der Waals surface area contributed by atoms with Crippen LogP contribution >= 0.6 is 0 Å². The molecule has 0 aromatic carbocycles. The van der Waals surface area contributed by atoms with Crippen LogP contribution in [0.4, 0.5) is 0 Å². The fraction of sp³-hybridized carbons (Fsp3) is 1.00. The maximum atomic E-state index is 2.52. The van der Waals surface area contributed by atoms with Gasteiger partial charge in [0.25, 0.3) is 0 Å². The highest BCUT2D eigenvalue weighted by atomic mass is 15.7. The third-order valence-electron chi connectivity index (χ3n) is 2.18. The average molecular weight is 143 g/mol. The Morgan fingerprint density at radius 1 is 0.900 bits per heavy atom. The Labute approximate surface area is 64.0 Å². The van der Waals surface area contributed by atoms with Gasteiger partial charge in [-0.3, -0.25) is 4.59 Å². The smallest absolute Gasteiger partial charge is 0.0855 e. The summed E-state index contributed by atoms with van der Waals surface area (Å²) in [6.07, 6.45) is 4.20. The van der Waals surface area contributed by atoms with Crippen LogP contribution in [0, 0.1) is 0 Å². The summed E-state index contributed by atoms with van der Waals surface area (Å²) in [6.45, 7) is 2.56. The third-order valence-corrected chi connectivity index (χ3v) is 2.18. The van der Waals surface area contributed by atoms with Crippen LogP contribution in [-0.4, -0.2) is 43.8 Å². The number of piperidine rings is 1. The van der Waals surface area contributed by atoms with E-state index in [1.165, 1.54) is 32.4 Å². The molecule has 1 fully saturated rings. The number of hydrogen-bond acceptors (Lipinski definition) is 1. The predicted octanol–water partition coefficient (Wildman–Crippen LogP) is 1.09. The molecule has 0 N–H and O–H groups in total. The van der Waals surface area contributed by atoms with Crippen molar-refractivity contribution >= 4 is 0 Å². The maximum absolute atomic E-state index is 2.52. The van der Waals surface area contributed by atoms with Crippen molar-refractivity contribution in [3.63, 3.8) is 0 Å². The molecule has 1 heterocycles. The quantitative estimate of drug-likeness (QED) is 0.497. The summed E-state index contributed by atoms with van der Waals surface area (Å²) in [6, 6.07) is 0. The SMILES string of the molecule is C[N+](C)(C)N1CCCCC1. The molecule has 0 spiro atoms. The number of hydrogen-bond donors (Lipinski definition) is 0. The number of quaternary nitrogens is 1. The first-order chi connectivity index (χ1) is 4.61.